The second kappa shape index (κ2) is 7.61. The smallest absolute Gasteiger partial charge is 0.271 e. The van der Waals surface area contributed by atoms with E-state index in [1.807, 2.05) is 24.3 Å². The summed E-state index contributed by atoms with van der Waals surface area (Å²) in [6, 6.07) is 11.0. The fourth-order valence-electron chi connectivity index (χ4n) is 2.00. The van der Waals surface area contributed by atoms with Gasteiger partial charge < -0.3 is 15.1 Å². The molecule has 0 bridgehead atoms. The number of nitrogens with one attached hydrogen (secondary N) is 2. The Morgan fingerprint density at radius 3 is 2.58 bits per heavy atom. The van der Waals surface area contributed by atoms with Gasteiger partial charge in [-0.15, -0.1) is 0 Å². The van der Waals surface area contributed by atoms with Crippen LogP contribution in [0.1, 0.15) is 21.8 Å². The number of halogens is 1. The highest BCUT2D eigenvalue weighted by atomic mass is 35.5. The van der Waals surface area contributed by atoms with Crippen molar-refractivity contribution in [1.82, 2.24) is 15.3 Å². The Morgan fingerprint density at radius 2 is 1.92 bits per heavy atom. The molecule has 0 aliphatic rings. The van der Waals surface area contributed by atoms with Crippen LogP contribution in [0.5, 0.6) is 0 Å². The average molecular weight is 343 g/mol. The Kier molecular flexibility index (Phi) is 5.08. The largest absolute Gasteiger partial charge is 0.467 e. The number of carbonyl (C=O) groups is 1. The van der Waals surface area contributed by atoms with Crippen LogP contribution in [0.4, 0.5) is 5.82 Å². The maximum absolute atomic E-state index is 12.1. The molecule has 0 saturated carbocycles. The van der Waals surface area contributed by atoms with Gasteiger partial charge in [-0.3, -0.25) is 4.79 Å². The molecule has 6 nitrogen and oxygen atoms in total. The molecule has 0 atom stereocenters. The zero-order chi connectivity index (χ0) is 16.8. The lowest BCUT2D eigenvalue weighted by atomic mass is 10.2. The standard InChI is InChI=1S/C17H15ClN4O2/c18-13-5-3-12(4-6-13)8-22-17(23)15-10-21-16(11-19-15)20-9-14-2-1-7-24-14/h1-7,10-11H,8-9H2,(H,20,21)(H,22,23). The summed E-state index contributed by atoms with van der Waals surface area (Å²) >= 11 is 5.83. The lowest BCUT2D eigenvalue weighted by Crippen LogP contribution is -2.24. The van der Waals surface area contributed by atoms with E-state index in [2.05, 4.69) is 20.6 Å². The van der Waals surface area contributed by atoms with Gasteiger partial charge in [-0.25, -0.2) is 9.97 Å². The van der Waals surface area contributed by atoms with Crippen molar-refractivity contribution < 1.29 is 9.21 Å². The van der Waals surface area contributed by atoms with Crippen LogP contribution in [0.25, 0.3) is 0 Å². The summed E-state index contributed by atoms with van der Waals surface area (Å²) < 4.78 is 5.22. The van der Waals surface area contributed by atoms with E-state index in [1.165, 1.54) is 12.4 Å². The first kappa shape index (κ1) is 16.0. The Labute approximate surface area is 143 Å². The molecule has 0 aliphatic carbocycles. The molecule has 3 rings (SSSR count). The number of carbonyl (C=O) groups excluding carboxylic acids is 1. The van der Waals surface area contributed by atoms with Gasteiger partial charge in [0.05, 0.1) is 25.2 Å². The molecule has 0 saturated heterocycles. The molecule has 0 aliphatic heterocycles. The monoisotopic (exact) mass is 342 g/mol. The van der Waals surface area contributed by atoms with Crippen LogP contribution < -0.4 is 10.6 Å². The van der Waals surface area contributed by atoms with E-state index < -0.39 is 0 Å². The molecule has 0 radical (unpaired) electrons. The Bertz CT molecular complexity index is 786. The van der Waals surface area contributed by atoms with Crippen LogP contribution in [0.3, 0.4) is 0 Å². The zero-order valence-corrected chi connectivity index (χ0v) is 13.5. The molecule has 7 heteroatoms. The Hall–Kier alpha value is -2.86. The molecule has 0 unspecified atom stereocenters. The minimum Gasteiger partial charge on any atom is -0.467 e. The minimum absolute atomic E-state index is 0.257. The van der Waals surface area contributed by atoms with Crippen molar-refractivity contribution in [3.05, 3.63) is 77.1 Å². The molecular formula is C17H15ClN4O2. The molecule has 1 amide bonds. The molecule has 122 valence electrons. The molecule has 2 N–H and O–H groups in total. The van der Waals surface area contributed by atoms with E-state index >= 15 is 0 Å². The summed E-state index contributed by atoms with van der Waals surface area (Å²) in [6.45, 7) is 0.903. The first-order valence-electron chi connectivity index (χ1n) is 7.31. The number of hydrogen-bond acceptors (Lipinski definition) is 5. The van der Waals surface area contributed by atoms with E-state index in [1.54, 1.807) is 18.4 Å². The van der Waals surface area contributed by atoms with Gasteiger partial charge >= 0.3 is 0 Å². The van der Waals surface area contributed by atoms with Gasteiger partial charge in [0, 0.05) is 11.6 Å². The van der Waals surface area contributed by atoms with Crippen LogP contribution in [0.2, 0.25) is 5.02 Å². The maximum Gasteiger partial charge on any atom is 0.271 e. The van der Waals surface area contributed by atoms with Gasteiger partial charge in [-0.2, -0.15) is 0 Å². The summed E-state index contributed by atoms with van der Waals surface area (Å²) in [5, 5.41) is 6.51. The third-order valence-corrected chi connectivity index (χ3v) is 3.53. The van der Waals surface area contributed by atoms with Crippen molar-refractivity contribution in [1.29, 1.82) is 0 Å². The molecular weight excluding hydrogens is 328 g/mol. The Balaban J connectivity index is 1.52. The molecule has 3 aromatic rings. The molecule has 0 spiro atoms. The predicted molar refractivity (Wildman–Crippen MR) is 90.7 cm³/mol. The lowest BCUT2D eigenvalue weighted by molar-refractivity contribution is 0.0945. The maximum atomic E-state index is 12.1. The van der Waals surface area contributed by atoms with E-state index in [0.29, 0.717) is 23.9 Å². The SMILES string of the molecule is O=C(NCc1ccc(Cl)cc1)c1cnc(NCc2ccco2)cn1. The third-order valence-electron chi connectivity index (χ3n) is 3.27. The lowest BCUT2D eigenvalue weighted by Gasteiger charge is -2.06. The Morgan fingerprint density at radius 1 is 1.08 bits per heavy atom. The fourth-order valence-corrected chi connectivity index (χ4v) is 2.13. The van der Waals surface area contributed by atoms with Gasteiger partial charge in [0.15, 0.2) is 0 Å². The van der Waals surface area contributed by atoms with Crippen LogP contribution >= 0.6 is 11.6 Å². The number of hydrogen-bond donors (Lipinski definition) is 2. The van der Waals surface area contributed by atoms with Gasteiger partial charge in [-0.1, -0.05) is 23.7 Å². The summed E-state index contributed by atoms with van der Waals surface area (Å²) in [6.07, 6.45) is 4.55. The molecule has 2 heterocycles. The minimum atomic E-state index is -0.282. The van der Waals surface area contributed by atoms with Crippen molar-refractivity contribution in [3.8, 4) is 0 Å². The molecule has 24 heavy (non-hydrogen) atoms. The highest BCUT2D eigenvalue weighted by Crippen LogP contribution is 2.10. The summed E-state index contributed by atoms with van der Waals surface area (Å²) in [5.74, 6) is 1.08. The van der Waals surface area contributed by atoms with Crippen molar-refractivity contribution in [2.24, 2.45) is 0 Å². The van der Waals surface area contributed by atoms with Gasteiger partial charge in [0.2, 0.25) is 0 Å². The van der Waals surface area contributed by atoms with Crippen molar-refractivity contribution >= 4 is 23.3 Å². The predicted octanol–water partition coefficient (Wildman–Crippen LogP) is 3.27. The molecule has 2 aromatic heterocycles. The summed E-state index contributed by atoms with van der Waals surface area (Å²) in [7, 11) is 0. The van der Waals surface area contributed by atoms with Crippen molar-refractivity contribution in [2.45, 2.75) is 13.1 Å². The van der Waals surface area contributed by atoms with Crippen molar-refractivity contribution in [3.63, 3.8) is 0 Å². The molecule has 1 aromatic carbocycles. The number of rotatable bonds is 6. The van der Waals surface area contributed by atoms with Crippen LogP contribution in [0, 0.1) is 0 Å². The average Bonchev–Trinajstić information content (AvgIpc) is 3.13. The van der Waals surface area contributed by atoms with Gasteiger partial charge in [0.1, 0.15) is 17.3 Å². The second-order valence-corrected chi connectivity index (χ2v) is 5.47. The number of furan rings is 1. The van der Waals surface area contributed by atoms with E-state index in [0.717, 1.165) is 11.3 Å². The van der Waals surface area contributed by atoms with E-state index in [-0.39, 0.29) is 11.6 Å². The van der Waals surface area contributed by atoms with Crippen LogP contribution in [0.15, 0.2) is 59.5 Å². The summed E-state index contributed by atoms with van der Waals surface area (Å²) in [4.78, 5) is 20.4. The summed E-state index contributed by atoms with van der Waals surface area (Å²) in [5.41, 5.74) is 1.21. The number of nitrogens with zero attached hydrogens (tertiary/aromatic N) is 2. The fraction of sp³-hybridized carbons (Fsp3) is 0.118. The number of anilines is 1. The highest BCUT2D eigenvalue weighted by Gasteiger charge is 2.08. The van der Waals surface area contributed by atoms with Gasteiger partial charge in [0.25, 0.3) is 5.91 Å². The normalized spacial score (nSPS) is 10.4. The topological polar surface area (TPSA) is 80.0 Å². The first-order valence-corrected chi connectivity index (χ1v) is 7.69. The van der Waals surface area contributed by atoms with E-state index in [9.17, 15) is 4.79 Å². The van der Waals surface area contributed by atoms with Crippen LogP contribution in [-0.2, 0) is 13.1 Å². The zero-order valence-electron chi connectivity index (χ0n) is 12.7. The second-order valence-electron chi connectivity index (χ2n) is 5.03. The van der Waals surface area contributed by atoms with Crippen molar-refractivity contribution in [2.75, 3.05) is 5.32 Å². The first-order chi connectivity index (χ1) is 11.7. The quantitative estimate of drug-likeness (QED) is 0.718. The number of benzene rings is 1. The van der Waals surface area contributed by atoms with Crippen LogP contribution in [-0.4, -0.2) is 15.9 Å². The number of aromatic nitrogens is 2. The third kappa shape index (κ3) is 4.33. The molecule has 0 fully saturated rings. The van der Waals surface area contributed by atoms with Gasteiger partial charge in [-0.05, 0) is 29.8 Å². The van der Waals surface area contributed by atoms with E-state index in [4.69, 9.17) is 16.0 Å². The highest BCUT2D eigenvalue weighted by molar-refractivity contribution is 6.30. The number of amides is 1.